The maximum Gasteiger partial charge on any atom is 0.119 e. The van der Waals surface area contributed by atoms with E-state index >= 15 is 0 Å². The van der Waals surface area contributed by atoms with E-state index in [1.807, 2.05) is 24.3 Å². The van der Waals surface area contributed by atoms with Crippen LogP contribution in [0.5, 0.6) is 5.75 Å². The first-order valence-corrected chi connectivity index (χ1v) is 7.07. The standard InChI is InChI=1S/C15H24N2O2/c1-2-14-12-17(6-8-18-14)7-9-19-15-5-3-4-13(10-15)11-16/h3-5,10,14H,2,6-9,11-12,16H2,1H3. The summed E-state index contributed by atoms with van der Waals surface area (Å²) < 4.78 is 11.4. The minimum Gasteiger partial charge on any atom is -0.492 e. The van der Waals surface area contributed by atoms with Gasteiger partial charge in [0.05, 0.1) is 12.7 Å². The van der Waals surface area contributed by atoms with Crippen molar-refractivity contribution in [1.29, 1.82) is 0 Å². The van der Waals surface area contributed by atoms with Crippen LogP contribution in [0.25, 0.3) is 0 Å². The molecule has 106 valence electrons. The lowest BCUT2D eigenvalue weighted by Gasteiger charge is -2.32. The number of hydrogen-bond acceptors (Lipinski definition) is 4. The Morgan fingerprint density at radius 3 is 3.16 bits per heavy atom. The Balaban J connectivity index is 1.73. The first kappa shape index (κ1) is 14.3. The van der Waals surface area contributed by atoms with Gasteiger partial charge in [-0.3, -0.25) is 4.90 Å². The number of hydrogen-bond donors (Lipinski definition) is 1. The van der Waals surface area contributed by atoms with Crippen LogP contribution in [-0.2, 0) is 11.3 Å². The van der Waals surface area contributed by atoms with Crippen LogP contribution in [0.4, 0.5) is 0 Å². The summed E-state index contributed by atoms with van der Waals surface area (Å²) in [5.41, 5.74) is 6.72. The van der Waals surface area contributed by atoms with Crippen molar-refractivity contribution in [3.05, 3.63) is 29.8 Å². The third-order valence-corrected chi connectivity index (χ3v) is 3.49. The number of ether oxygens (including phenoxy) is 2. The summed E-state index contributed by atoms with van der Waals surface area (Å²) in [7, 11) is 0. The molecule has 2 rings (SSSR count). The van der Waals surface area contributed by atoms with E-state index in [0.29, 0.717) is 19.3 Å². The molecule has 1 saturated heterocycles. The van der Waals surface area contributed by atoms with Crippen molar-refractivity contribution in [2.24, 2.45) is 5.73 Å². The normalized spacial score (nSPS) is 20.4. The maximum atomic E-state index is 5.78. The molecule has 0 radical (unpaired) electrons. The fraction of sp³-hybridized carbons (Fsp3) is 0.600. The van der Waals surface area contributed by atoms with E-state index in [0.717, 1.165) is 44.0 Å². The molecule has 1 aliphatic heterocycles. The van der Waals surface area contributed by atoms with E-state index in [1.54, 1.807) is 0 Å². The molecular weight excluding hydrogens is 240 g/mol. The molecule has 2 N–H and O–H groups in total. The van der Waals surface area contributed by atoms with E-state index < -0.39 is 0 Å². The predicted molar refractivity (Wildman–Crippen MR) is 76.3 cm³/mol. The van der Waals surface area contributed by atoms with Gasteiger partial charge in [-0.2, -0.15) is 0 Å². The number of nitrogens with zero attached hydrogens (tertiary/aromatic N) is 1. The molecule has 0 bridgehead atoms. The third kappa shape index (κ3) is 4.49. The van der Waals surface area contributed by atoms with Crippen LogP contribution in [0.3, 0.4) is 0 Å². The largest absolute Gasteiger partial charge is 0.492 e. The van der Waals surface area contributed by atoms with Crippen molar-refractivity contribution in [3.63, 3.8) is 0 Å². The van der Waals surface area contributed by atoms with Gasteiger partial charge in [0.2, 0.25) is 0 Å². The van der Waals surface area contributed by atoms with Crippen molar-refractivity contribution in [2.45, 2.75) is 26.0 Å². The van der Waals surface area contributed by atoms with Gasteiger partial charge in [-0.1, -0.05) is 19.1 Å². The average Bonchev–Trinajstić information content (AvgIpc) is 2.48. The highest BCUT2D eigenvalue weighted by Crippen LogP contribution is 2.13. The second kappa shape index (κ2) is 7.48. The van der Waals surface area contributed by atoms with Gasteiger partial charge >= 0.3 is 0 Å². The quantitative estimate of drug-likeness (QED) is 0.848. The van der Waals surface area contributed by atoms with Gasteiger partial charge in [0, 0.05) is 26.2 Å². The topological polar surface area (TPSA) is 47.7 Å². The first-order chi connectivity index (χ1) is 9.31. The molecule has 0 amide bonds. The molecule has 4 heteroatoms. The molecule has 0 saturated carbocycles. The predicted octanol–water partition coefficient (Wildman–Crippen LogP) is 1.63. The SMILES string of the molecule is CCC1CN(CCOc2cccc(CN)c2)CCO1. The van der Waals surface area contributed by atoms with Gasteiger partial charge in [0.15, 0.2) is 0 Å². The van der Waals surface area contributed by atoms with Gasteiger partial charge < -0.3 is 15.2 Å². The van der Waals surface area contributed by atoms with E-state index in [2.05, 4.69) is 11.8 Å². The van der Waals surface area contributed by atoms with Crippen molar-refractivity contribution < 1.29 is 9.47 Å². The van der Waals surface area contributed by atoms with Crippen LogP contribution >= 0.6 is 0 Å². The molecule has 1 aliphatic rings. The number of morpholine rings is 1. The molecule has 0 aliphatic carbocycles. The molecule has 1 aromatic rings. The van der Waals surface area contributed by atoms with Crippen molar-refractivity contribution in [1.82, 2.24) is 4.90 Å². The summed E-state index contributed by atoms with van der Waals surface area (Å²) in [5, 5.41) is 0. The Morgan fingerprint density at radius 1 is 1.47 bits per heavy atom. The second-order valence-corrected chi connectivity index (χ2v) is 4.90. The van der Waals surface area contributed by atoms with Crippen LogP contribution in [-0.4, -0.2) is 43.9 Å². The number of nitrogens with two attached hydrogens (primary N) is 1. The van der Waals surface area contributed by atoms with Gasteiger partial charge in [0.1, 0.15) is 12.4 Å². The average molecular weight is 264 g/mol. The highest BCUT2D eigenvalue weighted by Gasteiger charge is 2.18. The molecule has 1 heterocycles. The van der Waals surface area contributed by atoms with Crippen molar-refractivity contribution in [2.75, 3.05) is 32.8 Å². The van der Waals surface area contributed by atoms with Crippen LogP contribution in [0.1, 0.15) is 18.9 Å². The first-order valence-electron chi connectivity index (χ1n) is 7.07. The van der Waals surface area contributed by atoms with Gasteiger partial charge in [0.25, 0.3) is 0 Å². The lowest BCUT2D eigenvalue weighted by molar-refractivity contribution is -0.0324. The number of rotatable bonds is 6. The molecule has 1 fully saturated rings. The molecular formula is C15H24N2O2. The molecule has 1 aromatic carbocycles. The third-order valence-electron chi connectivity index (χ3n) is 3.49. The number of benzene rings is 1. The zero-order valence-electron chi connectivity index (χ0n) is 11.7. The molecule has 0 spiro atoms. The Kier molecular flexibility index (Phi) is 5.63. The fourth-order valence-corrected chi connectivity index (χ4v) is 2.29. The Bertz CT molecular complexity index is 384. The zero-order chi connectivity index (χ0) is 13.5. The Morgan fingerprint density at radius 2 is 2.37 bits per heavy atom. The lowest BCUT2D eigenvalue weighted by atomic mass is 10.2. The molecule has 1 unspecified atom stereocenters. The van der Waals surface area contributed by atoms with E-state index in [9.17, 15) is 0 Å². The molecule has 0 aromatic heterocycles. The second-order valence-electron chi connectivity index (χ2n) is 4.90. The maximum absolute atomic E-state index is 5.78. The van der Waals surface area contributed by atoms with Gasteiger partial charge in [-0.15, -0.1) is 0 Å². The zero-order valence-corrected chi connectivity index (χ0v) is 11.7. The summed E-state index contributed by atoms with van der Waals surface area (Å²) >= 11 is 0. The molecule has 4 nitrogen and oxygen atoms in total. The van der Waals surface area contributed by atoms with E-state index in [-0.39, 0.29) is 0 Å². The lowest BCUT2D eigenvalue weighted by Crippen LogP contribution is -2.43. The van der Waals surface area contributed by atoms with Crippen LogP contribution < -0.4 is 10.5 Å². The van der Waals surface area contributed by atoms with Crippen LogP contribution in [0.15, 0.2) is 24.3 Å². The Labute approximate surface area is 115 Å². The smallest absolute Gasteiger partial charge is 0.119 e. The van der Waals surface area contributed by atoms with Gasteiger partial charge in [-0.25, -0.2) is 0 Å². The van der Waals surface area contributed by atoms with Crippen molar-refractivity contribution in [3.8, 4) is 5.75 Å². The van der Waals surface area contributed by atoms with Crippen molar-refractivity contribution >= 4 is 0 Å². The summed E-state index contributed by atoms with van der Waals surface area (Å²) in [4.78, 5) is 2.41. The molecule has 19 heavy (non-hydrogen) atoms. The van der Waals surface area contributed by atoms with Gasteiger partial charge in [-0.05, 0) is 24.1 Å². The summed E-state index contributed by atoms with van der Waals surface area (Å²) in [5.74, 6) is 0.906. The minimum atomic E-state index is 0.384. The van der Waals surface area contributed by atoms with E-state index in [4.69, 9.17) is 15.2 Å². The highest BCUT2D eigenvalue weighted by molar-refractivity contribution is 5.28. The van der Waals surface area contributed by atoms with E-state index in [1.165, 1.54) is 0 Å². The van der Waals surface area contributed by atoms with Crippen LogP contribution in [0, 0.1) is 0 Å². The summed E-state index contributed by atoms with van der Waals surface area (Å²) in [6.45, 7) is 7.24. The summed E-state index contributed by atoms with van der Waals surface area (Å²) in [6, 6.07) is 7.99. The van der Waals surface area contributed by atoms with Crippen LogP contribution in [0.2, 0.25) is 0 Å². The highest BCUT2D eigenvalue weighted by atomic mass is 16.5. The Hall–Kier alpha value is -1.10. The minimum absolute atomic E-state index is 0.384. The fourth-order valence-electron chi connectivity index (χ4n) is 2.29. The summed E-state index contributed by atoms with van der Waals surface area (Å²) in [6.07, 6.45) is 1.46. The monoisotopic (exact) mass is 264 g/mol. The molecule has 1 atom stereocenters.